The summed E-state index contributed by atoms with van der Waals surface area (Å²) < 4.78 is 0. The van der Waals surface area contributed by atoms with E-state index < -0.39 is 6.04 Å². The van der Waals surface area contributed by atoms with Crippen LogP contribution in [0.4, 0.5) is 5.69 Å². The molecule has 1 aromatic rings. The maximum atomic E-state index is 12.2. The van der Waals surface area contributed by atoms with E-state index in [1.54, 1.807) is 0 Å². The lowest BCUT2D eigenvalue weighted by atomic mass is 9.95. The lowest BCUT2D eigenvalue weighted by Crippen LogP contribution is -2.44. The van der Waals surface area contributed by atoms with Crippen molar-refractivity contribution >= 4 is 17.5 Å². The van der Waals surface area contributed by atoms with E-state index in [1.807, 2.05) is 24.3 Å². The molecule has 1 heterocycles. The minimum Gasteiger partial charge on any atom is -0.352 e. The fraction of sp³-hybridized carbons (Fsp3) is 0.500. The van der Waals surface area contributed by atoms with Crippen LogP contribution in [0.15, 0.2) is 24.3 Å². The monoisotopic (exact) mass is 287 g/mol. The summed E-state index contributed by atoms with van der Waals surface area (Å²) in [5.74, 6) is -0.297. The van der Waals surface area contributed by atoms with E-state index in [2.05, 4.69) is 5.32 Å². The molecule has 0 bridgehead atoms. The van der Waals surface area contributed by atoms with Crippen molar-refractivity contribution < 1.29 is 9.59 Å². The normalized spacial score (nSPS) is 22.2. The Bertz CT molecular complexity index is 552. The molecule has 2 amide bonds. The number of nitrogens with one attached hydrogen (secondary N) is 1. The van der Waals surface area contributed by atoms with Gasteiger partial charge in [0.25, 0.3) is 0 Å². The second-order valence-corrected chi connectivity index (χ2v) is 5.86. The molecule has 1 aromatic carbocycles. The predicted molar refractivity (Wildman–Crippen MR) is 80.7 cm³/mol. The van der Waals surface area contributed by atoms with E-state index in [0.717, 1.165) is 24.1 Å². The van der Waals surface area contributed by atoms with Gasteiger partial charge in [0, 0.05) is 17.3 Å². The summed E-state index contributed by atoms with van der Waals surface area (Å²) in [5, 5.41) is 3.04. The Morgan fingerprint density at radius 3 is 2.71 bits per heavy atom. The molecule has 1 aliphatic carbocycles. The van der Waals surface area contributed by atoms with Gasteiger partial charge in [-0.25, -0.2) is 0 Å². The van der Waals surface area contributed by atoms with E-state index in [1.165, 1.54) is 24.2 Å². The number of nitrogens with zero attached hydrogens (tertiary/aromatic N) is 1. The molecule has 0 spiro atoms. The van der Waals surface area contributed by atoms with Gasteiger partial charge in [-0.15, -0.1) is 0 Å². The van der Waals surface area contributed by atoms with Gasteiger partial charge in [0.1, 0.15) is 12.6 Å². The molecule has 0 saturated heterocycles. The van der Waals surface area contributed by atoms with E-state index >= 15 is 0 Å². The number of amides is 2. The van der Waals surface area contributed by atoms with Gasteiger partial charge in [-0.1, -0.05) is 37.5 Å². The molecular weight excluding hydrogens is 266 g/mol. The maximum absolute atomic E-state index is 12.2. The number of para-hydroxylation sites is 1. The topological polar surface area (TPSA) is 75.4 Å². The number of nitrogens with two attached hydrogens (primary N) is 1. The Labute approximate surface area is 124 Å². The third-order valence-electron chi connectivity index (χ3n) is 4.37. The molecule has 21 heavy (non-hydrogen) atoms. The van der Waals surface area contributed by atoms with Gasteiger partial charge < -0.3 is 16.0 Å². The van der Waals surface area contributed by atoms with Crippen molar-refractivity contribution in [1.29, 1.82) is 0 Å². The van der Waals surface area contributed by atoms with Gasteiger partial charge in [-0.2, -0.15) is 0 Å². The molecule has 3 N–H and O–H groups in total. The van der Waals surface area contributed by atoms with Crippen molar-refractivity contribution in [2.24, 2.45) is 5.73 Å². The number of fused-ring (bicyclic) bond motifs is 1. The van der Waals surface area contributed by atoms with E-state index in [4.69, 9.17) is 5.73 Å². The van der Waals surface area contributed by atoms with Crippen LogP contribution < -0.4 is 16.0 Å². The zero-order chi connectivity index (χ0) is 14.8. The molecule has 112 valence electrons. The Kier molecular flexibility index (Phi) is 3.92. The standard InChI is InChI=1S/C16H21N3O2/c17-15-12-8-4-5-9-13(12)19(16(15)21)10-14(20)18-11-6-2-1-3-7-11/h4-5,8-9,11,15H,1-3,6-7,10,17H2,(H,18,20). The number of rotatable bonds is 3. The van der Waals surface area contributed by atoms with E-state index in [0.29, 0.717) is 0 Å². The van der Waals surface area contributed by atoms with Crippen LogP contribution in [0.3, 0.4) is 0 Å². The first-order valence-electron chi connectivity index (χ1n) is 7.62. The summed E-state index contributed by atoms with van der Waals surface area (Å²) in [7, 11) is 0. The molecule has 2 aliphatic rings. The average Bonchev–Trinajstić information content (AvgIpc) is 2.74. The summed E-state index contributed by atoms with van der Waals surface area (Å²) in [6, 6.07) is 7.01. The maximum Gasteiger partial charge on any atom is 0.249 e. The molecule has 1 fully saturated rings. The second kappa shape index (κ2) is 5.85. The van der Waals surface area contributed by atoms with Crippen molar-refractivity contribution in [3.05, 3.63) is 29.8 Å². The van der Waals surface area contributed by atoms with Crippen molar-refractivity contribution in [3.63, 3.8) is 0 Å². The van der Waals surface area contributed by atoms with Gasteiger partial charge in [0.2, 0.25) is 11.8 Å². The van der Waals surface area contributed by atoms with Gasteiger partial charge in [0.15, 0.2) is 0 Å². The lowest BCUT2D eigenvalue weighted by Gasteiger charge is -2.24. The number of carbonyl (C=O) groups is 2. The quantitative estimate of drug-likeness (QED) is 0.884. The highest BCUT2D eigenvalue weighted by molar-refractivity contribution is 6.07. The molecule has 0 radical (unpaired) electrons. The first kappa shape index (κ1) is 14.1. The largest absolute Gasteiger partial charge is 0.352 e. The third-order valence-corrected chi connectivity index (χ3v) is 4.37. The Morgan fingerprint density at radius 2 is 1.95 bits per heavy atom. The second-order valence-electron chi connectivity index (χ2n) is 5.86. The summed E-state index contributed by atoms with van der Waals surface area (Å²) >= 11 is 0. The number of benzene rings is 1. The Morgan fingerprint density at radius 1 is 1.24 bits per heavy atom. The number of hydrogen-bond acceptors (Lipinski definition) is 3. The zero-order valence-electron chi connectivity index (χ0n) is 12.0. The van der Waals surface area contributed by atoms with Crippen LogP contribution in [0.25, 0.3) is 0 Å². The molecule has 1 aliphatic heterocycles. The molecule has 5 nitrogen and oxygen atoms in total. The smallest absolute Gasteiger partial charge is 0.249 e. The van der Waals surface area contributed by atoms with Crippen molar-refractivity contribution in [3.8, 4) is 0 Å². The van der Waals surface area contributed by atoms with Crippen molar-refractivity contribution in [2.75, 3.05) is 11.4 Å². The van der Waals surface area contributed by atoms with Crippen LogP contribution in [-0.4, -0.2) is 24.4 Å². The highest BCUT2D eigenvalue weighted by Gasteiger charge is 2.35. The summed E-state index contributed by atoms with van der Waals surface area (Å²) in [6.07, 6.45) is 5.66. The summed E-state index contributed by atoms with van der Waals surface area (Å²) in [5.41, 5.74) is 7.47. The lowest BCUT2D eigenvalue weighted by molar-refractivity contribution is -0.124. The van der Waals surface area contributed by atoms with Crippen LogP contribution in [0.1, 0.15) is 43.7 Å². The number of carbonyl (C=O) groups excluding carboxylic acids is 2. The summed E-state index contributed by atoms with van der Waals surface area (Å²) in [4.78, 5) is 25.9. The first-order chi connectivity index (χ1) is 10.2. The number of anilines is 1. The Balaban J connectivity index is 1.67. The molecule has 1 unspecified atom stereocenters. The Hall–Kier alpha value is -1.88. The first-order valence-corrected chi connectivity index (χ1v) is 7.62. The van der Waals surface area contributed by atoms with Crippen molar-refractivity contribution in [1.82, 2.24) is 5.32 Å². The molecule has 5 heteroatoms. The highest BCUT2D eigenvalue weighted by Crippen LogP contribution is 2.33. The van der Waals surface area contributed by atoms with Crippen LogP contribution >= 0.6 is 0 Å². The van der Waals surface area contributed by atoms with Gasteiger partial charge >= 0.3 is 0 Å². The number of hydrogen-bond donors (Lipinski definition) is 2. The molecule has 1 atom stereocenters. The SMILES string of the molecule is NC1C(=O)N(CC(=O)NC2CCCCC2)c2ccccc21. The average molecular weight is 287 g/mol. The third kappa shape index (κ3) is 2.78. The van der Waals surface area contributed by atoms with Gasteiger partial charge in [0.05, 0.1) is 0 Å². The molecule has 3 rings (SSSR count). The zero-order valence-corrected chi connectivity index (χ0v) is 12.0. The van der Waals surface area contributed by atoms with Gasteiger partial charge in [-0.3, -0.25) is 9.59 Å². The van der Waals surface area contributed by atoms with Crippen LogP contribution in [0, 0.1) is 0 Å². The van der Waals surface area contributed by atoms with E-state index in [9.17, 15) is 9.59 Å². The molecular formula is C16H21N3O2. The van der Waals surface area contributed by atoms with Crippen molar-refractivity contribution in [2.45, 2.75) is 44.2 Å². The fourth-order valence-corrected chi connectivity index (χ4v) is 3.24. The van der Waals surface area contributed by atoms with E-state index in [-0.39, 0.29) is 24.4 Å². The van der Waals surface area contributed by atoms with Crippen LogP contribution in [-0.2, 0) is 9.59 Å². The minimum atomic E-state index is -0.649. The predicted octanol–water partition coefficient (Wildman–Crippen LogP) is 1.48. The summed E-state index contributed by atoms with van der Waals surface area (Å²) in [6.45, 7) is 0.0556. The van der Waals surface area contributed by atoms with Crippen LogP contribution in [0.2, 0.25) is 0 Å². The highest BCUT2D eigenvalue weighted by atomic mass is 16.2. The fourth-order valence-electron chi connectivity index (χ4n) is 3.24. The minimum absolute atomic E-state index is 0.0556. The molecule has 1 saturated carbocycles. The van der Waals surface area contributed by atoms with Crippen LogP contribution in [0.5, 0.6) is 0 Å². The molecule has 0 aromatic heterocycles. The van der Waals surface area contributed by atoms with Gasteiger partial charge in [-0.05, 0) is 18.9 Å².